The van der Waals surface area contributed by atoms with Crippen LogP contribution < -0.4 is 11.1 Å². The van der Waals surface area contributed by atoms with Crippen molar-refractivity contribution in [3.8, 4) is 0 Å². The summed E-state index contributed by atoms with van der Waals surface area (Å²) in [6.45, 7) is 3.23. The van der Waals surface area contributed by atoms with Crippen LogP contribution in [0.5, 0.6) is 0 Å². The Balaban J connectivity index is 1.91. The molecule has 2 aromatic rings. The van der Waals surface area contributed by atoms with Gasteiger partial charge in [0.25, 0.3) is 0 Å². The van der Waals surface area contributed by atoms with Crippen LogP contribution in [0, 0.1) is 6.92 Å². The number of aryl methyl sites for hydroxylation is 1. The highest BCUT2D eigenvalue weighted by molar-refractivity contribution is 5.92. The molecule has 0 saturated carbocycles. The van der Waals surface area contributed by atoms with Crippen molar-refractivity contribution in [3.05, 3.63) is 65.2 Å². The third kappa shape index (κ3) is 4.93. The number of aliphatic imine (C=N–C) groups is 1. The van der Waals surface area contributed by atoms with E-state index < -0.39 is 0 Å². The number of nitrogens with two attached hydrogens (primary N) is 1. The highest BCUT2D eigenvalue weighted by Crippen LogP contribution is 2.09. The first-order valence-electron chi connectivity index (χ1n) is 6.88. The molecule has 0 aliphatic heterocycles. The van der Waals surface area contributed by atoms with E-state index in [9.17, 15) is 0 Å². The Morgan fingerprint density at radius 2 is 1.67 bits per heavy atom. The predicted octanol–water partition coefficient (Wildman–Crippen LogP) is 3.07. The van der Waals surface area contributed by atoms with Crippen molar-refractivity contribution >= 4 is 11.6 Å². The van der Waals surface area contributed by atoms with Crippen LogP contribution in [0.3, 0.4) is 0 Å². The van der Waals surface area contributed by atoms with E-state index >= 15 is 0 Å². The van der Waals surface area contributed by atoms with Crippen molar-refractivity contribution in [2.75, 3.05) is 12.4 Å². The minimum absolute atomic E-state index is 0.417. The SMILES string of the molecule is COCc1ccc(CN=C(N)Nc2ccc(C)cc2)cc1. The zero-order valence-corrected chi connectivity index (χ0v) is 12.5. The van der Waals surface area contributed by atoms with E-state index in [1.807, 2.05) is 48.5 Å². The minimum atomic E-state index is 0.417. The monoisotopic (exact) mass is 283 g/mol. The maximum Gasteiger partial charge on any atom is 0.193 e. The van der Waals surface area contributed by atoms with Crippen LogP contribution in [0.4, 0.5) is 5.69 Å². The van der Waals surface area contributed by atoms with E-state index in [0.717, 1.165) is 16.8 Å². The molecule has 2 aromatic carbocycles. The van der Waals surface area contributed by atoms with Crippen LogP contribution in [-0.4, -0.2) is 13.1 Å². The standard InChI is InChI=1S/C17H21N3O/c1-13-3-9-16(10-4-13)20-17(18)19-11-14-5-7-15(8-6-14)12-21-2/h3-10H,11-12H2,1-2H3,(H3,18,19,20). The van der Waals surface area contributed by atoms with E-state index in [-0.39, 0.29) is 0 Å². The fraction of sp³-hybridized carbons (Fsp3) is 0.235. The molecule has 4 nitrogen and oxygen atoms in total. The molecule has 3 N–H and O–H groups in total. The molecule has 4 heteroatoms. The van der Waals surface area contributed by atoms with Gasteiger partial charge in [0, 0.05) is 12.8 Å². The van der Waals surface area contributed by atoms with Crippen LogP contribution in [0.2, 0.25) is 0 Å². The lowest BCUT2D eigenvalue weighted by Gasteiger charge is -2.06. The van der Waals surface area contributed by atoms with Crippen LogP contribution in [0.15, 0.2) is 53.5 Å². The first-order valence-corrected chi connectivity index (χ1v) is 6.88. The molecule has 0 spiro atoms. The van der Waals surface area contributed by atoms with Crippen LogP contribution in [-0.2, 0) is 17.9 Å². The summed E-state index contributed by atoms with van der Waals surface area (Å²) in [6.07, 6.45) is 0. The van der Waals surface area contributed by atoms with Gasteiger partial charge < -0.3 is 15.8 Å². The van der Waals surface area contributed by atoms with Crippen molar-refractivity contribution in [1.82, 2.24) is 0 Å². The lowest BCUT2D eigenvalue weighted by atomic mass is 10.1. The number of anilines is 1. The van der Waals surface area contributed by atoms with Crippen LogP contribution in [0.1, 0.15) is 16.7 Å². The first kappa shape index (κ1) is 15.1. The fourth-order valence-electron chi connectivity index (χ4n) is 1.91. The zero-order valence-electron chi connectivity index (χ0n) is 12.5. The molecule has 2 rings (SSSR count). The van der Waals surface area contributed by atoms with E-state index in [1.165, 1.54) is 5.56 Å². The number of benzene rings is 2. The van der Waals surface area contributed by atoms with E-state index in [2.05, 4.69) is 17.2 Å². The number of nitrogens with one attached hydrogen (secondary N) is 1. The van der Waals surface area contributed by atoms with Gasteiger partial charge in [-0.2, -0.15) is 0 Å². The maximum atomic E-state index is 5.89. The largest absolute Gasteiger partial charge is 0.380 e. The van der Waals surface area contributed by atoms with Crippen molar-refractivity contribution in [1.29, 1.82) is 0 Å². The molecule has 0 amide bonds. The van der Waals surface area contributed by atoms with Gasteiger partial charge >= 0.3 is 0 Å². The summed E-state index contributed by atoms with van der Waals surface area (Å²) in [5.74, 6) is 0.417. The summed E-state index contributed by atoms with van der Waals surface area (Å²) in [5.41, 5.74) is 10.3. The van der Waals surface area contributed by atoms with Crippen LogP contribution in [0.25, 0.3) is 0 Å². The van der Waals surface area contributed by atoms with E-state index in [0.29, 0.717) is 19.1 Å². The molecule has 0 atom stereocenters. The summed E-state index contributed by atoms with van der Waals surface area (Å²) in [7, 11) is 1.69. The quantitative estimate of drug-likeness (QED) is 0.655. The number of methoxy groups -OCH3 is 1. The summed E-state index contributed by atoms with van der Waals surface area (Å²) in [5, 5.41) is 3.08. The van der Waals surface area contributed by atoms with Gasteiger partial charge in [-0.3, -0.25) is 0 Å². The lowest BCUT2D eigenvalue weighted by molar-refractivity contribution is 0.185. The van der Waals surface area contributed by atoms with Gasteiger partial charge in [0.2, 0.25) is 0 Å². The van der Waals surface area contributed by atoms with Gasteiger partial charge in [0.1, 0.15) is 0 Å². The maximum absolute atomic E-state index is 5.89. The molecule has 21 heavy (non-hydrogen) atoms. The minimum Gasteiger partial charge on any atom is -0.380 e. The third-order valence-electron chi connectivity index (χ3n) is 3.09. The molecule has 0 aliphatic carbocycles. The number of ether oxygens (including phenoxy) is 1. The molecular formula is C17H21N3O. The average Bonchev–Trinajstić information content (AvgIpc) is 2.49. The summed E-state index contributed by atoms with van der Waals surface area (Å²) in [4.78, 5) is 4.34. The van der Waals surface area contributed by atoms with Gasteiger partial charge in [-0.1, -0.05) is 42.0 Å². The summed E-state index contributed by atoms with van der Waals surface area (Å²) in [6, 6.07) is 16.2. The molecule has 0 heterocycles. The smallest absolute Gasteiger partial charge is 0.193 e. The van der Waals surface area contributed by atoms with E-state index in [4.69, 9.17) is 10.5 Å². The van der Waals surface area contributed by atoms with Gasteiger partial charge in [-0.15, -0.1) is 0 Å². The topological polar surface area (TPSA) is 59.6 Å². The highest BCUT2D eigenvalue weighted by Gasteiger charge is 1.97. The van der Waals surface area contributed by atoms with Gasteiger partial charge in [-0.25, -0.2) is 4.99 Å². The van der Waals surface area contributed by atoms with Crippen molar-refractivity contribution < 1.29 is 4.74 Å². The van der Waals surface area contributed by atoms with Crippen molar-refractivity contribution in [2.24, 2.45) is 10.7 Å². The Kier molecular flexibility index (Phi) is 5.35. The molecule has 0 fully saturated rings. The molecule has 0 aromatic heterocycles. The third-order valence-corrected chi connectivity index (χ3v) is 3.09. The number of hydrogen-bond donors (Lipinski definition) is 2. The molecule has 0 bridgehead atoms. The first-order chi connectivity index (χ1) is 10.2. The normalized spacial score (nSPS) is 11.4. The Morgan fingerprint density at radius 1 is 1.05 bits per heavy atom. The Labute approximate surface area is 125 Å². The van der Waals surface area contributed by atoms with Gasteiger partial charge in [0.15, 0.2) is 5.96 Å². The van der Waals surface area contributed by atoms with Crippen molar-refractivity contribution in [2.45, 2.75) is 20.1 Å². The molecule has 0 aliphatic rings. The van der Waals surface area contributed by atoms with E-state index in [1.54, 1.807) is 7.11 Å². The van der Waals surface area contributed by atoms with Gasteiger partial charge in [0.05, 0.1) is 13.2 Å². The highest BCUT2D eigenvalue weighted by atomic mass is 16.5. The van der Waals surface area contributed by atoms with Gasteiger partial charge in [-0.05, 0) is 30.2 Å². The molecule has 110 valence electrons. The zero-order chi connectivity index (χ0) is 15.1. The Hall–Kier alpha value is -2.33. The Morgan fingerprint density at radius 3 is 2.29 bits per heavy atom. The number of hydrogen-bond acceptors (Lipinski definition) is 2. The second-order valence-corrected chi connectivity index (χ2v) is 4.94. The number of guanidine groups is 1. The molecular weight excluding hydrogens is 262 g/mol. The number of nitrogens with zero attached hydrogens (tertiary/aromatic N) is 1. The number of rotatable bonds is 5. The molecule has 0 radical (unpaired) electrons. The second-order valence-electron chi connectivity index (χ2n) is 4.94. The summed E-state index contributed by atoms with van der Waals surface area (Å²) < 4.78 is 5.08. The molecule has 0 unspecified atom stereocenters. The fourth-order valence-corrected chi connectivity index (χ4v) is 1.91. The predicted molar refractivity (Wildman–Crippen MR) is 87.3 cm³/mol. The molecule has 0 saturated heterocycles. The average molecular weight is 283 g/mol. The van der Waals surface area contributed by atoms with Crippen molar-refractivity contribution in [3.63, 3.8) is 0 Å². The lowest BCUT2D eigenvalue weighted by Crippen LogP contribution is -2.22. The Bertz CT molecular complexity index is 588. The second kappa shape index (κ2) is 7.45. The summed E-state index contributed by atoms with van der Waals surface area (Å²) >= 11 is 0. The van der Waals surface area contributed by atoms with Crippen LogP contribution >= 0.6 is 0 Å².